The molecule has 4 nitrogen and oxygen atoms in total. The Bertz CT molecular complexity index is 688. The molecule has 0 atom stereocenters. The molecule has 2 aromatic carbocycles. The maximum atomic E-state index is 12.1. The Balaban J connectivity index is 1.42. The van der Waals surface area contributed by atoms with Crippen molar-refractivity contribution in [3.05, 3.63) is 54.1 Å². The van der Waals surface area contributed by atoms with E-state index in [0.29, 0.717) is 13.0 Å². The second kappa shape index (κ2) is 9.27. The van der Waals surface area contributed by atoms with E-state index >= 15 is 0 Å². The van der Waals surface area contributed by atoms with Gasteiger partial charge in [0.2, 0.25) is 5.91 Å². The van der Waals surface area contributed by atoms with E-state index in [1.165, 1.54) is 30.5 Å². The number of benzene rings is 2. The zero-order valence-electron chi connectivity index (χ0n) is 15.6. The molecule has 0 aliphatic carbocycles. The molecule has 1 heterocycles. The first-order valence-electron chi connectivity index (χ1n) is 9.72. The summed E-state index contributed by atoms with van der Waals surface area (Å²) in [5, 5.41) is 6.28. The summed E-state index contributed by atoms with van der Waals surface area (Å²) in [4.78, 5) is 14.5. The Morgan fingerprint density at radius 3 is 2.23 bits per heavy atom. The van der Waals surface area contributed by atoms with Crippen molar-refractivity contribution < 1.29 is 4.79 Å². The van der Waals surface area contributed by atoms with E-state index in [1.54, 1.807) is 0 Å². The average molecular weight is 351 g/mol. The normalized spacial score (nSPS) is 14.1. The molecule has 2 aromatic rings. The lowest BCUT2D eigenvalue weighted by Gasteiger charge is -2.28. The van der Waals surface area contributed by atoms with Gasteiger partial charge in [0, 0.05) is 43.1 Å². The van der Waals surface area contributed by atoms with Crippen molar-refractivity contribution in [1.29, 1.82) is 0 Å². The third-order valence-corrected chi connectivity index (χ3v) is 4.92. The first-order valence-corrected chi connectivity index (χ1v) is 9.72. The number of nitrogens with zero attached hydrogens (tertiary/aromatic N) is 1. The van der Waals surface area contributed by atoms with Crippen LogP contribution in [0.15, 0.2) is 48.5 Å². The molecule has 1 amide bonds. The molecule has 138 valence electrons. The fraction of sp³-hybridized carbons (Fsp3) is 0.409. The fourth-order valence-electron chi connectivity index (χ4n) is 3.31. The summed E-state index contributed by atoms with van der Waals surface area (Å²) in [7, 11) is 0. The summed E-state index contributed by atoms with van der Waals surface area (Å²) in [5.74, 6) is 0.0356. The predicted molar refractivity (Wildman–Crippen MR) is 110 cm³/mol. The average Bonchev–Trinajstić information content (AvgIpc) is 2.70. The largest absolute Gasteiger partial charge is 0.385 e. The number of carbonyl (C=O) groups excluding carboxylic acids is 1. The zero-order valence-corrected chi connectivity index (χ0v) is 15.6. The Hall–Kier alpha value is -2.49. The van der Waals surface area contributed by atoms with Gasteiger partial charge in [0.1, 0.15) is 0 Å². The van der Waals surface area contributed by atoms with Crippen LogP contribution in [0.2, 0.25) is 0 Å². The van der Waals surface area contributed by atoms with Crippen LogP contribution in [0, 0.1) is 0 Å². The van der Waals surface area contributed by atoms with Crippen LogP contribution in [-0.2, 0) is 11.2 Å². The van der Waals surface area contributed by atoms with E-state index in [-0.39, 0.29) is 5.91 Å². The van der Waals surface area contributed by atoms with Gasteiger partial charge in [0.25, 0.3) is 0 Å². The van der Waals surface area contributed by atoms with Crippen LogP contribution in [0.1, 0.15) is 38.2 Å². The van der Waals surface area contributed by atoms with Crippen LogP contribution in [0.3, 0.4) is 0 Å². The lowest BCUT2D eigenvalue weighted by Crippen LogP contribution is -2.29. The number of piperidine rings is 1. The Kier molecular flexibility index (Phi) is 6.53. The SMILES string of the molecule is CCc1ccc(NCCC(=O)Nc2ccc(N3CCCCC3)cc2)cc1. The second-order valence-electron chi connectivity index (χ2n) is 6.87. The number of hydrogen-bond acceptors (Lipinski definition) is 3. The van der Waals surface area contributed by atoms with Crippen molar-refractivity contribution in [2.24, 2.45) is 0 Å². The predicted octanol–water partition coefficient (Wildman–Crippen LogP) is 4.68. The maximum absolute atomic E-state index is 12.1. The number of rotatable bonds is 7. The van der Waals surface area contributed by atoms with E-state index in [1.807, 2.05) is 12.1 Å². The second-order valence-corrected chi connectivity index (χ2v) is 6.87. The van der Waals surface area contributed by atoms with E-state index in [4.69, 9.17) is 0 Å². The molecular formula is C22H29N3O. The molecule has 0 unspecified atom stereocenters. The van der Waals surface area contributed by atoms with Gasteiger partial charge < -0.3 is 15.5 Å². The molecule has 0 saturated carbocycles. The lowest BCUT2D eigenvalue weighted by molar-refractivity contribution is -0.115. The summed E-state index contributed by atoms with van der Waals surface area (Å²) in [6.45, 7) is 5.04. The molecule has 1 saturated heterocycles. The van der Waals surface area contributed by atoms with Gasteiger partial charge in [-0.15, -0.1) is 0 Å². The van der Waals surface area contributed by atoms with Crippen LogP contribution in [-0.4, -0.2) is 25.5 Å². The summed E-state index contributed by atoms with van der Waals surface area (Å²) in [5.41, 5.74) is 4.49. The molecular weight excluding hydrogens is 322 g/mol. The lowest BCUT2D eigenvalue weighted by atomic mass is 10.1. The van der Waals surface area contributed by atoms with Gasteiger partial charge in [-0.3, -0.25) is 4.79 Å². The minimum Gasteiger partial charge on any atom is -0.385 e. The molecule has 0 aromatic heterocycles. The van der Waals surface area contributed by atoms with Gasteiger partial charge in [0.05, 0.1) is 0 Å². The number of amides is 1. The van der Waals surface area contributed by atoms with Crippen LogP contribution in [0.5, 0.6) is 0 Å². The van der Waals surface area contributed by atoms with Gasteiger partial charge in [0.15, 0.2) is 0 Å². The first kappa shape index (κ1) is 18.3. The Morgan fingerprint density at radius 1 is 0.923 bits per heavy atom. The summed E-state index contributed by atoms with van der Waals surface area (Å²) in [6, 6.07) is 16.6. The summed E-state index contributed by atoms with van der Waals surface area (Å²) < 4.78 is 0. The molecule has 0 bridgehead atoms. The van der Waals surface area contributed by atoms with Gasteiger partial charge in [-0.1, -0.05) is 19.1 Å². The highest BCUT2D eigenvalue weighted by molar-refractivity contribution is 5.91. The minimum atomic E-state index is 0.0356. The molecule has 1 aliphatic rings. The van der Waals surface area contributed by atoms with Crippen molar-refractivity contribution in [3.63, 3.8) is 0 Å². The molecule has 0 radical (unpaired) electrons. The van der Waals surface area contributed by atoms with Crippen molar-refractivity contribution in [2.45, 2.75) is 39.0 Å². The molecule has 26 heavy (non-hydrogen) atoms. The zero-order chi connectivity index (χ0) is 18.2. The van der Waals surface area contributed by atoms with E-state index in [2.05, 4.69) is 58.9 Å². The third kappa shape index (κ3) is 5.25. The molecule has 1 fully saturated rings. The topological polar surface area (TPSA) is 44.4 Å². The van der Waals surface area contributed by atoms with Gasteiger partial charge in [-0.25, -0.2) is 0 Å². The van der Waals surface area contributed by atoms with Gasteiger partial charge in [-0.05, 0) is 67.6 Å². The van der Waals surface area contributed by atoms with Crippen molar-refractivity contribution in [1.82, 2.24) is 0 Å². The smallest absolute Gasteiger partial charge is 0.226 e. The monoisotopic (exact) mass is 351 g/mol. The third-order valence-electron chi connectivity index (χ3n) is 4.92. The van der Waals surface area contributed by atoms with E-state index in [0.717, 1.165) is 30.9 Å². The summed E-state index contributed by atoms with van der Waals surface area (Å²) >= 11 is 0. The van der Waals surface area contributed by atoms with Crippen LogP contribution >= 0.6 is 0 Å². The molecule has 3 rings (SSSR count). The highest BCUT2D eigenvalue weighted by atomic mass is 16.1. The van der Waals surface area contributed by atoms with Crippen LogP contribution in [0.4, 0.5) is 17.1 Å². The number of carbonyl (C=O) groups is 1. The number of hydrogen-bond donors (Lipinski definition) is 2. The molecule has 2 N–H and O–H groups in total. The van der Waals surface area contributed by atoms with E-state index < -0.39 is 0 Å². The van der Waals surface area contributed by atoms with Crippen LogP contribution in [0.25, 0.3) is 0 Å². The maximum Gasteiger partial charge on any atom is 0.226 e. The van der Waals surface area contributed by atoms with Crippen molar-refractivity contribution in [2.75, 3.05) is 35.2 Å². The molecule has 4 heteroatoms. The van der Waals surface area contributed by atoms with E-state index in [9.17, 15) is 4.79 Å². The number of nitrogens with one attached hydrogen (secondary N) is 2. The standard InChI is InChI=1S/C22H29N3O/c1-2-18-6-8-19(9-7-18)23-15-14-22(26)24-20-10-12-21(13-11-20)25-16-4-3-5-17-25/h6-13,23H,2-5,14-17H2,1H3,(H,24,26). The Labute approximate surface area is 156 Å². The number of aryl methyl sites for hydroxylation is 1. The molecule has 1 aliphatic heterocycles. The molecule has 0 spiro atoms. The Morgan fingerprint density at radius 2 is 1.58 bits per heavy atom. The number of anilines is 3. The fourth-order valence-corrected chi connectivity index (χ4v) is 3.31. The first-order chi connectivity index (χ1) is 12.7. The van der Waals surface area contributed by atoms with Gasteiger partial charge in [-0.2, -0.15) is 0 Å². The highest BCUT2D eigenvalue weighted by Gasteiger charge is 2.10. The van der Waals surface area contributed by atoms with Crippen LogP contribution < -0.4 is 15.5 Å². The summed E-state index contributed by atoms with van der Waals surface area (Å²) in [6.07, 6.45) is 5.36. The minimum absolute atomic E-state index is 0.0356. The van der Waals surface area contributed by atoms with Crippen molar-refractivity contribution >= 4 is 23.0 Å². The van der Waals surface area contributed by atoms with Crippen molar-refractivity contribution in [3.8, 4) is 0 Å². The quantitative estimate of drug-likeness (QED) is 0.761. The van der Waals surface area contributed by atoms with Gasteiger partial charge >= 0.3 is 0 Å². The highest BCUT2D eigenvalue weighted by Crippen LogP contribution is 2.21.